The highest BCUT2D eigenvalue weighted by molar-refractivity contribution is 8.26. The number of amidine groups is 1. The molecule has 1 aromatic rings. The summed E-state index contributed by atoms with van der Waals surface area (Å²) in [6.07, 6.45) is 2.55. The minimum absolute atomic E-state index is 0.107. The van der Waals surface area contributed by atoms with E-state index in [0.29, 0.717) is 39.3 Å². The molecule has 152 valence electrons. The van der Waals surface area contributed by atoms with Crippen molar-refractivity contribution in [3.8, 4) is 0 Å². The van der Waals surface area contributed by atoms with E-state index in [2.05, 4.69) is 15.0 Å². The van der Waals surface area contributed by atoms with E-state index in [-0.39, 0.29) is 11.8 Å². The average Bonchev–Trinajstić information content (AvgIpc) is 3.31. The van der Waals surface area contributed by atoms with Crippen LogP contribution in [0.1, 0.15) is 28.8 Å². The largest absolute Gasteiger partial charge is 0.465 e. The Balaban J connectivity index is 1.54. The lowest BCUT2D eigenvalue weighted by atomic mass is 10.1. The minimum atomic E-state index is -0.412. The van der Waals surface area contributed by atoms with E-state index in [0.717, 1.165) is 17.9 Å². The molecule has 2 aliphatic rings. The van der Waals surface area contributed by atoms with Crippen molar-refractivity contribution in [3.63, 3.8) is 0 Å². The highest BCUT2D eigenvalue weighted by atomic mass is 32.2. The van der Waals surface area contributed by atoms with Crippen molar-refractivity contribution >= 4 is 69.1 Å². The SMILES string of the molecule is COC(=O)c1ccc(C=C2SC(=S)N(CCCC(=O)NC3=NCCS3)C2=O)cc1. The lowest BCUT2D eigenvalue weighted by Gasteiger charge is -2.14. The van der Waals surface area contributed by atoms with Crippen molar-refractivity contribution in [2.24, 2.45) is 4.99 Å². The molecule has 1 N–H and O–H groups in total. The van der Waals surface area contributed by atoms with Crippen LogP contribution in [-0.4, -0.2) is 58.1 Å². The van der Waals surface area contributed by atoms with Crippen molar-refractivity contribution < 1.29 is 19.1 Å². The van der Waals surface area contributed by atoms with Gasteiger partial charge in [-0.2, -0.15) is 0 Å². The molecule has 2 heterocycles. The minimum Gasteiger partial charge on any atom is -0.465 e. The number of nitrogens with one attached hydrogen (secondary N) is 1. The first-order valence-corrected chi connectivity index (χ1v) is 11.1. The van der Waals surface area contributed by atoms with Crippen LogP contribution in [0.3, 0.4) is 0 Å². The number of thioether (sulfide) groups is 2. The van der Waals surface area contributed by atoms with Crippen molar-refractivity contribution in [1.82, 2.24) is 10.2 Å². The van der Waals surface area contributed by atoms with Crippen LogP contribution in [-0.2, 0) is 14.3 Å². The van der Waals surface area contributed by atoms with Gasteiger partial charge in [0.2, 0.25) is 5.91 Å². The Morgan fingerprint density at radius 2 is 2.10 bits per heavy atom. The predicted molar refractivity (Wildman–Crippen MR) is 120 cm³/mol. The molecule has 0 atom stereocenters. The number of hydrogen-bond acceptors (Lipinski definition) is 8. The smallest absolute Gasteiger partial charge is 0.337 e. The maximum absolute atomic E-state index is 12.6. The van der Waals surface area contributed by atoms with Crippen LogP contribution < -0.4 is 5.32 Å². The van der Waals surface area contributed by atoms with Crippen LogP contribution in [0.4, 0.5) is 0 Å². The molecule has 0 radical (unpaired) electrons. The van der Waals surface area contributed by atoms with E-state index in [1.165, 1.54) is 35.5 Å². The van der Waals surface area contributed by atoms with E-state index in [4.69, 9.17) is 12.2 Å². The number of carbonyl (C=O) groups excluding carboxylic acids is 3. The molecular weight excluding hydrogens is 430 g/mol. The molecule has 0 aliphatic carbocycles. The predicted octanol–water partition coefficient (Wildman–Crippen LogP) is 2.67. The van der Waals surface area contributed by atoms with Gasteiger partial charge in [0, 0.05) is 18.7 Å². The maximum atomic E-state index is 12.6. The second-order valence-electron chi connectivity index (χ2n) is 6.13. The summed E-state index contributed by atoms with van der Waals surface area (Å²) in [6.45, 7) is 1.12. The van der Waals surface area contributed by atoms with Gasteiger partial charge in [0.05, 0.1) is 24.1 Å². The number of nitrogens with zero attached hydrogens (tertiary/aromatic N) is 2. The molecule has 2 amide bonds. The fourth-order valence-corrected chi connectivity index (χ4v) is 4.72. The number of esters is 1. The molecule has 29 heavy (non-hydrogen) atoms. The van der Waals surface area contributed by atoms with Gasteiger partial charge in [0.1, 0.15) is 4.32 Å². The number of aliphatic imine (C=N–C) groups is 1. The number of carbonyl (C=O) groups is 3. The van der Waals surface area contributed by atoms with Crippen molar-refractivity contribution in [2.45, 2.75) is 12.8 Å². The highest BCUT2D eigenvalue weighted by Gasteiger charge is 2.31. The molecule has 0 aromatic heterocycles. The molecule has 2 aliphatic heterocycles. The van der Waals surface area contributed by atoms with Crippen LogP contribution in [0.2, 0.25) is 0 Å². The third kappa shape index (κ3) is 5.68. The number of rotatable bonds is 6. The zero-order valence-corrected chi connectivity index (χ0v) is 18.1. The van der Waals surface area contributed by atoms with Gasteiger partial charge >= 0.3 is 5.97 Å². The summed E-state index contributed by atoms with van der Waals surface area (Å²) in [5, 5.41) is 3.44. The second kappa shape index (κ2) is 10.0. The first-order valence-electron chi connectivity index (χ1n) is 8.89. The first kappa shape index (κ1) is 21.5. The van der Waals surface area contributed by atoms with Crippen molar-refractivity contribution in [1.29, 1.82) is 0 Å². The van der Waals surface area contributed by atoms with Gasteiger partial charge in [-0.15, -0.1) is 0 Å². The molecule has 10 heteroatoms. The van der Waals surface area contributed by atoms with Gasteiger partial charge in [-0.05, 0) is 30.2 Å². The third-order valence-corrected chi connectivity index (χ3v) is 6.39. The van der Waals surface area contributed by atoms with Gasteiger partial charge in [-0.1, -0.05) is 47.9 Å². The Labute approximate surface area is 182 Å². The Kier molecular flexibility index (Phi) is 7.45. The van der Waals surface area contributed by atoms with Crippen LogP contribution >= 0.6 is 35.7 Å². The summed E-state index contributed by atoms with van der Waals surface area (Å²) in [6, 6.07) is 6.77. The topological polar surface area (TPSA) is 88.1 Å². The van der Waals surface area contributed by atoms with E-state index in [1.807, 2.05) is 0 Å². The van der Waals surface area contributed by atoms with E-state index < -0.39 is 5.97 Å². The Morgan fingerprint density at radius 3 is 2.76 bits per heavy atom. The van der Waals surface area contributed by atoms with Gasteiger partial charge in [-0.25, -0.2) is 4.79 Å². The summed E-state index contributed by atoms with van der Waals surface area (Å²) in [4.78, 5) is 42.3. The fourth-order valence-electron chi connectivity index (χ4n) is 2.67. The quantitative estimate of drug-likeness (QED) is 0.406. The molecule has 1 aromatic carbocycles. The summed E-state index contributed by atoms with van der Waals surface area (Å²) >= 11 is 8.08. The molecular formula is C19H19N3O4S3. The molecule has 0 spiro atoms. The van der Waals surface area contributed by atoms with Crippen molar-refractivity contribution in [3.05, 3.63) is 40.3 Å². The lowest BCUT2D eigenvalue weighted by Crippen LogP contribution is -2.31. The van der Waals surface area contributed by atoms with Gasteiger partial charge < -0.3 is 10.1 Å². The second-order valence-corrected chi connectivity index (χ2v) is 8.89. The highest BCUT2D eigenvalue weighted by Crippen LogP contribution is 2.32. The number of thiocarbonyl (C=S) groups is 1. The molecule has 7 nitrogen and oxygen atoms in total. The number of benzene rings is 1. The Hall–Kier alpha value is -2.17. The zero-order valence-electron chi connectivity index (χ0n) is 15.7. The average molecular weight is 450 g/mol. The Morgan fingerprint density at radius 1 is 1.34 bits per heavy atom. The van der Waals surface area contributed by atoms with Crippen LogP contribution in [0, 0.1) is 0 Å². The fraction of sp³-hybridized carbons (Fsp3) is 0.316. The van der Waals surface area contributed by atoms with E-state index in [9.17, 15) is 14.4 Å². The molecule has 3 rings (SSSR count). The molecule has 0 saturated carbocycles. The van der Waals surface area contributed by atoms with E-state index >= 15 is 0 Å². The van der Waals surface area contributed by atoms with Gasteiger partial charge in [0.25, 0.3) is 5.91 Å². The molecule has 1 saturated heterocycles. The molecule has 1 fully saturated rings. The maximum Gasteiger partial charge on any atom is 0.337 e. The summed E-state index contributed by atoms with van der Waals surface area (Å²) in [5.41, 5.74) is 1.23. The van der Waals surface area contributed by atoms with E-state index in [1.54, 1.807) is 30.3 Å². The number of methoxy groups -OCH3 is 1. The Bertz CT molecular complexity index is 896. The monoisotopic (exact) mass is 449 g/mol. The lowest BCUT2D eigenvalue weighted by molar-refractivity contribution is -0.123. The van der Waals surface area contributed by atoms with Crippen molar-refractivity contribution in [2.75, 3.05) is 26.0 Å². The van der Waals surface area contributed by atoms with Gasteiger partial charge in [-0.3, -0.25) is 19.5 Å². The third-order valence-electron chi connectivity index (χ3n) is 4.12. The summed E-state index contributed by atoms with van der Waals surface area (Å²) < 4.78 is 5.15. The van der Waals surface area contributed by atoms with Crippen LogP contribution in [0.25, 0.3) is 6.08 Å². The summed E-state index contributed by atoms with van der Waals surface area (Å²) in [7, 11) is 1.33. The number of hydrogen-bond donors (Lipinski definition) is 1. The van der Waals surface area contributed by atoms with Gasteiger partial charge in [0.15, 0.2) is 5.17 Å². The molecule has 0 bridgehead atoms. The summed E-state index contributed by atoms with van der Waals surface area (Å²) in [5.74, 6) is 0.202. The number of ether oxygens (including phenoxy) is 1. The molecule has 0 unspecified atom stereocenters. The number of amides is 2. The zero-order chi connectivity index (χ0) is 20.8. The first-order chi connectivity index (χ1) is 14.0. The standard InChI is InChI=1S/C19H19N3O4S3/c1-26-17(25)13-6-4-12(5-7-13)11-14-16(24)22(19(27)29-14)9-2-3-15(23)21-18-20-8-10-28-18/h4-7,11H,2-3,8-10H2,1H3,(H,20,21,23). The van der Waals surface area contributed by atoms with Crippen LogP contribution in [0.5, 0.6) is 0 Å². The normalized spacial score (nSPS) is 17.6. The van der Waals surface area contributed by atoms with Crippen LogP contribution in [0.15, 0.2) is 34.2 Å².